The number of epoxide rings is 2. The van der Waals surface area contributed by atoms with Gasteiger partial charge in [0.1, 0.15) is 11.7 Å². The van der Waals surface area contributed by atoms with E-state index in [0.717, 1.165) is 13.2 Å². The van der Waals surface area contributed by atoms with Crippen LogP contribution in [0.2, 0.25) is 0 Å². The van der Waals surface area contributed by atoms with Crippen molar-refractivity contribution < 1.29 is 18.9 Å². The Hall–Kier alpha value is -0.160. The lowest BCUT2D eigenvalue weighted by atomic mass is 10.2. The molecule has 0 spiro atoms. The Morgan fingerprint density at radius 2 is 2.08 bits per heavy atom. The summed E-state index contributed by atoms with van der Waals surface area (Å²) in [6.45, 7) is 6.40. The molecule has 2 saturated heterocycles. The molecule has 2 atom stereocenters. The summed E-state index contributed by atoms with van der Waals surface area (Å²) in [5.41, 5.74) is -0.000393. The lowest BCUT2D eigenvalue weighted by Crippen LogP contribution is -2.17. The minimum absolute atomic E-state index is 0.000393. The Morgan fingerprint density at radius 3 is 2.69 bits per heavy atom. The zero-order valence-electron chi connectivity index (χ0n) is 7.95. The summed E-state index contributed by atoms with van der Waals surface area (Å²) in [6.07, 6.45) is 0.351. The van der Waals surface area contributed by atoms with Gasteiger partial charge in [-0.2, -0.15) is 0 Å². The Bertz CT molecular complexity index is 163. The molecule has 0 bridgehead atoms. The maximum Gasteiger partial charge on any atom is 0.112 e. The van der Waals surface area contributed by atoms with E-state index in [1.807, 2.05) is 6.92 Å². The maximum absolute atomic E-state index is 5.37. The van der Waals surface area contributed by atoms with Crippen LogP contribution in [0.25, 0.3) is 0 Å². The van der Waals surface area contributed by atoms with E-state index in [0.29, 0.717) is 32.5 Å². The van der Waals surface area contributed by atoms with E-state index in [-0.39, 0.29) is 5.60 Å². The van der Waals surface area contributed by atoms with Crippen molar-refractivity contribution in [3.63, 3.8) is 0 Å². The van der Waals surface area contributed by atoms with Gasteiger partial charge in [-0.1, -0.05) is 0 Å². The zero-order chi connectivity index (χ0) is 9.15. The second kappa shape index (κ2) is 3.92. The molecule has 2 unspecified atom stereocenters. The van der Waals surface area contributed by atoms with E-state index >= 15 is 0 Å². The summed E-state index contributed by atoms with van der Waals surface area (Å²) in [6, 6.07) is 0. The summed E-state index contributed by atoms with van der Waals surface area (Å²) in [4.78, 5) is 0. The Morgan fingerprint density at radius 1 is 1.38 bits per heavy atom. The van der Waals surface area contributed by atoms with E-state index in [1.165, 1.54) is 0 Å². The quantitative estimate of drug-likeness (QED) is 0.423. The Balaban J connectivity index is 1.36. The van der Waals surface area contributed by atoms with E-state index in [4.69, 9.17) is 18.9 Å². The SMILES string of the molecule is CC1(COCCOCC2CO2)CO1. The molecule has 13 heavy (non-hydrogen) atoms. The van der Waals surface area contributed by atoms with Crippen molar-refractivity contribution in [2.24, 2.45) is 0 Å². The van der Waals surface area contributed by atoms with Gasteiger partial charge in [0.15, 0.2) is 0 Å². The molecule has 0 aromatic heterocycles. The topological polar surface area (TPSA) is 43.5 Å². The van der Waals surface area contributed by atoms with Crippen LogP contribution in [-0.4, -0.2) is 51.3 Å². The molecule has 0 radical (unpaired) electrons. The van der Waals surface area contributed by atoms with Crippen molar-refractivity contribution in [1.82, 2.24) is 0 Å². The predicted octanol–water partition coefficient (Wildman–Crippen LogP) is 0.207. The molecule has 76 valence electrons. The minimum Gasteiger partial charge on any atom is -0.376 e. The van der Waals surface area contributed by atoms with Gasteiger partial charge >= 0.3 is 0 Å². The predicted molar refractivity (Wildman–Crippen MR) is 45.7 cm³/mol. The average molecular weight is 188 g/mol. The molecule has 0 aliphatic carbocycles. The largest absolute Gasteiger partial charge is 0.376 e. The van der Waals surface area contributed by atoms with Crippen LogP contribution >= 0.6 is 0 Å². The first kappa shape index (κ1) is 9.40. The lowest BCUT2D eigenvalue weighted by molar-refractivity contribution is 0.0243. The van der Waals surface area contributed by atoms with Gasteiger partial charge < -0.3 is 18.9 Å². The van der Waals surface area contributed by atoms with E-state index in [1.54, 1.807) is 0 Å². The van der Waals surface area contributed by atoms with Crippen molar-refractivity contribution in [3.8, 4) is 0 Å². The van der Waals surface area contributed by atoms with Gasteiger partial charge in [-0.3, -0.25) is 0 Å². The van der Waals surface area contributed by atoms with Crippen LogP contribution in [0.1, 0.15) is 6.92 Å². The van der Waals surface area contributed by atoms with Gasteiger partial charge in [-0.15, -0.1) is 0 Å². The first-order valence-electron chi connectivity index (χ1n) is 4.70. The highest BCUT2D eigenvalue weighted by Crippen LogP contribution is 2.25. The second-order valence-corrected chi connectivity index (χ2v) is 3.82. The van der Waals surface area contributed by atoms with Gasteiger partial charge in [0, 0.05) is 0 Å². The lowest BCUT2D eigenvalue weighted by Gasteiger charge is -2.06. The highest BCUT2D eigenvalue weighted by atomic mass is 16.6. The monoisotopic (exact) mass is 188 g/mol. The Kier molecular flexibility index (Phi) is 2.83. The van der Waals surface area contributed by atoms with Crippen molar-refractivity contribution in [1.29, 1.82) is 0 Å². The summed E-state index contributed by atoms with van der Waals surface area (Å²) in [7, 11) is 0. The van der Waals surface area contributed by atoms with Gasteiger partial charge in [-0.05, 0) is 6.92 Å². The molecule has 4 nitrogen and oxygen atoms in total. The summed E-state index contributed by atoms with van der Waals surface area (Å²) in [5.74, 6) is 0. The summed E-state index contributed by atoms with van der Waals surface area (Å²) < 4.78 is 20.8. The molecule has 2 aliphatic rings. The van der Waals surface area contributed by atoms with Gasteiger partial charge in [0.05, 0.1) is 39.6 Å². The fraction of sp³-hybridized carbons (Fsp3) is 1.00. The van der Waals surface area contributed by atoms with Crippen molar-refractivity contribution in [3.05, 3.63) is 0 Å². The van der Waals surface area contributed by atoms with E-state index in [2.05, 4.69) is 0 Å². The van der Waals surface area contributed by atoms with Crippen molar-refractivity contribution >= 4 is 0 Å². The molecular formula is C9H16O4. The molecule has 0 saturated carbocycles. The molecule has 0 amide bonds. The van der Waals surface area contributed by atoms with Gasteiger partial charge in [-0.25, -0.2) is 0 Å². The fourth-order valence-electron chi connectivity index (χ4n) is 0.991. The van der Waals surface area contributed by atoms with E-state index < -0.39 is 0 Å². The molecule has 2 fully saturated rings. The van der Waals surface area contributed by atoms with Crippen LogP contribution in [0.15, 0.2) is 0 Å². The molecule has 4 heteroatoms. The van der Waals surface area contributed by atoms with Crippen LogP contribution in [0.4, 0.5) is 0 Å². The number of ether oxygens (including phenoxy) is 4. The summed E-state index contributed by atoms with van der Waals surface area (Å²) in [5, 5.41) is 0. The molecule has 2 aliphatic heterocycles. The smallest absolute Gasteiger partial charge is 0.112 e. The number of hydrogen-bond donors (Lipinski definition) is 0. The third kappa shape index (κ3) is 3.60. The number of hydrogen-bond acceptors (Lipinski definition) is 4. The molecule has 2 heterocycles. The van der Waals surface area contributed by atoms with Crippen LogP contribution < -0.4 is 0 Å². The first-order valence-corrected chi connectivity index (χ1v) is 4.70. The Labute approximate surface area is 78.1 Å². The van der Waals surface area contributed by atoms with Crippen LogP contribution in [0.5, 0.6) is 0 Å². The van der Waals surface area contributed by atoms with Crippen LogP contribution in [0, 0.1) is 0 Å². The highest BCUT2D eigenvalue weighted by Gasteiger charge is 2.39. The normalized spacial score (nSPS) is 36.2. The van der Waals surface area contributed by atoms with Crippen molar-refractivity contribution in [2.45, 2.75) is 18.6 Å². The highest BCUT2D eigenvalue weighted by molar-refractivity contribution is 4.86. The number of rotatable bonds is 7. The molecule has 0 aromatic carbocycles. The molecule has 2 rings (SSSR count). The molecule has 0 aromatic rings. The first-order chi connectivity index (χ1) is 6.29. The van der Waals surface area contributed by atoms with Gasteiger partial charge in [0.25, 0.3) is 0 Å². The van der Waals surface area contributed by atoms with Crippen LogP contribution in [-0.2, 0) is 18.9 Å². The van der Waals surface area contributed by atoms with Crippen LogP contribution in [0.3, 0.4) is 0 Å². The van der Waals surface area contributed by atoms with Crippen molar-refractivity contribution in [2.75, 3.05) is 39.6 Å². The fourth-order valence-corrected chi connectivity index (χ4v) is 0.991. The molecule has 0 N–H and O–H groups in total. The maximum atomic E-state index is 5.37. The zero-order valence-corrected chi connectivity index (χ0v) is 7.95. The molecular weight excluding hydrogens is 172 g/mol. The third-order valence-electron chi connectivity index (χ3n) is 2.12. The minimum atomic E-state index is -0.000393. The third-order valence-corrected chi connectivity index (χ3v) is 2.12. The summed E-state index contributed by atoms with van der Waals surface area (Å²) >= 11 is 0. The average Bonchev–Trinajstić information content (AvgIpc) is 2.96. The van der Waals surface area contributed by atoms with E-state index in [9.17, 15) is 0 Å². The van der Waals surface area contributed by atoms with Gasteiger partial charge in [0.2, 0.25) is 0 Å². The second-order valence-electron chi connectivity index (χ2n) is 3.82. The standard InChI is InChI=1S/C9H16O4/c1-9(7-13-9)6-11-3-2-10-4-8-5-12-8/h8H,2-7H2,1H3.